The van der Waals surface area contributed by atoms with Gasteiger partial charge in [0.2, 0.25) is 0 Å². The zero-order chi connectivity index (χ0) is 18.9. The van der Waals surface area contributed by atoms with E-state index in [2.05, 4.69) is 45.5 Å². The summed E-state index contributed by atoms with van der Waals surface area (Å²) >= 11 is 0. The normalized spacial score (nSPS) is 23.8. The first kappa shape index (κ1) is 17.1. The Hall–Kier alpha value is -3.05. The molecule has 0 bridgehead atoms. The molecule has 142 valence electrons. The van der Waals surface area contributed by atoms with Gasteiger partial charge in [-0.3, -0.25) is 4.99 Å². The van der Waals surface area contributed by atoms with Crippen LogP contribution in [-0.4, -0.2) is 42.3 Å². The van der Waals surface area contributed by atoms with Crippen LogP contribution in [0.15, 0.2) is 77.7 Å². The monoisotopic (exact) mass is 372 g/mol. The molecule has 3 aliphatic heterocycles. The van der Waals surface area contributed by atoms with Crippen molar-refractivity contribution < 1.29 is 4.74 Å². The number of para-hydroxylation sites is 1. The van der Waals surface area contributed by atoms with Gasteiger partial charge in [0.15, 0.2) is 0 Å². The molecule has 0 radical (unpaired) electrons. The third kappa shape index (κ3) is 3.18. The first-order valence-electron chi connectivity index (χ1n) is 9.79. The largest absolute Gasteiger partial charge is 0.457 e. The van der Waals surface area contributed by atoms with Gasteiger partial charge < -0.3 is 19.9 Å². The van der Waals surface area contributed by atoms with E-state index >= 15 is 0 Å². The molecular weight excluding hydrogens is 348 g/mol. The molecular formula is C23H24N4O. The molecule has 2 aromatic rings. The van der Waals surface area contributed by atoms with E-state index in [0.29, 0.717) is 5.92 Å². The van der Waals surface area contributed by atoms with Gasteiger partial charge in [-0.25, -0.2) is 0 Å². The molecule has 5 rings (SSSR count). The fourth-order valence-electron chi connectivity index (χ4n) is 4.22. The average Bonchev–Trinajstić information content (AvgIpc) is 3.33. The zero-order valence-corrected chi connectivity index (χ0v) is 16.0. The summed E-state index contributed by atoms with van der Waals surface area (Å²) in [6.07, 6.45) is 7.40. The van der Waals surface area contributed by atoms with Gasteiger partial charge in [0.05, 0.1) is 17.6 Å². The smallest absolute Gasteiger partial charge is 0.127 e. The summed E-state index contributed by atoms with van der Waals surface area (Å²) in [5.74, 6) is 2.27. The minimum atomic E-state index is 0.276. The highest BCUT2D eigenvalue weighted by Gasteiger charge is 2.38. The van der Waals surface area contributed by atoms with Gasteiger partial charge >= 0.3 is 0 Å². The maximum Gasteiger partial charge on any atom is 0.127 e. The highest BCUT2D eigenvalue weighted by atomic mass is 16.5. The van der Waals surface area contributed by atoms with E-state index < -0.39 is 0 Å². The van der Waals surface area contributed by atoms with Gasteiger partial charge in [0, 0.05) is 30.4 Å². The Morgan fingerprint density at radius 1 is 1.04 bits per heavy atom. The lowest BCUT2D eigenvalue weighted by atomic mass is 10.0. The molecule has 5 heteroatoms. The molecule has 0 aromatic heterocycles. The van der Waals surface area contributed by atoms with Crippen molar-refractivity contribution >= 4 is 11.9 Å². The van der Waals surface area contributed by atoms with Crippen LogP contribution in [0, 0.1) is 5.92 Å². The standard InChI is InChI=1S/C23H24N4O/c1-26-13-11-18(16-26)23-25-22(21-15-24-12-14-27(21)23)17-7-9-20(10-8-17)28-19-5-3-2-4-6-19/h2-10,12,14-15,18,23,25H,11,13,16H2,1H3. The van der Waals surface area contributed by atoms with E-state index in [4.69, 9.17) is 4.74 Å². The van der Waals surface area contributed by atoms with Crippen molar-refractivity contribution in [1.82, 2.24) is 15.1 Å². The average molecular weight is 372 g/mol. The molecule has 2 aromatic carbocycles. The third-order valence-electron chi connectivity index (χ3n) is 5.63. The number of nitrogens with one attached hydrogen (secondary N) is 1. The molecule has 0 saturated carbocycles. The number of benzene rings is 2. The van der Waals surface area contributed by atoms with E-state index in [-0.39, 0.29) is 6.17 Å². The fourth-order valence-corrected chi connectivity index (χ4v) is 4.22. The molecule has 1 N–H and O–H groups in total. The van der Waals surface area contributed by atoms with Crippen molar-refractivity contribution in [2.75, 3.05) is 20.1 Å². The van der Waals surface area contributed by atoms with Crippen LogP contribution in [0.4, 0.5) is 0 Å². The summed E-state index contributed by atoms with van der Waals surface area (Å²) < 4.78 is 5.93. The molecule has 3 heterocycles. The van der Waals surface area contributed by atoms with Crippen LogP contribution < -0.4 is 10.1 Å². The molecule has 0 amide bonds. The predicted molar refractivity (Wildman–Crippen MR) is 112 cm³/mol. The van der Waals surface area contributed by atoms with E-state index in [1.807, 2.05) is 54.9 Å². The van der Waals surface area contributed by atoms with Crippen molar-refractivity contribution in [3.63, 3.8) is 0 Å². The Morgan fingerprint density at radius 3 is 2.57 bits per heavy atom. The molecule has 2 unspecified atom stereocenters. The van der Waals surface area contributed by atoms with E-state index in [0.717, 1.165) is 41.5 Å². The summed E-state index contributed by atoms with van der Waals surface area (Å²) in [5.41, 5.74) is 3.42. The van der Waals surface area contributed by atoms with Crippen LogP contribution in [0.5, 0.6) is 11.5 Å². The number of hydrogen-bond donors (Lipinski definition) is 1. The zero-order valence-electron chi connectivity index (χ0n) is 16.0. The number of likely N-dealkylation sites (tertiary alicyclic amines) is 1. The maximum absolute atomic E-state index is 5.93. The Labute approximate surface area is 165 Å². The molecule has 5 nitrogen and oxygen atoms in total. The van der Waals surface area contributed by atoms with E-state index in [1.54, 1.807) is 0 Å². The predicted octanol–water partition coefficient (Wildman–Crippen LogP) is 3.89. The summed E-state index contributed by atoms with van der Waals surface area (Å²) in [5, 5.41) is 3.78. The lowest BCUT2D eigenvalue weighted by Crippen LogP contribution is -2.42. The second-order valence-electron chi connectivity index (χ2n) is 7.58. The third-order valence-corrected chi connectivity index (χ3v) is 5.63. The Bertz CT molecular complexity index is 933. The topological polar surface area (TPSA) is 40.1 Å². The number of nitrogens with zero attached hydrogens (tertiary/aromatic N) is 3. The molecule has 1 fully saturated rings. The number of ether oxygens (including phenoxy) is 1. The second-order valence-corrected chi connectivity index (χ2v) is 7.58. The van der Waals surface area contributed by atoms with Gasteiger partial charge in [0.1, 0.15) is 17.7 Å². The first-order chi connectivity index (χ1) is 13.8. The fraction of sp³-hybridized carbons (Fsp3) is 0.261. The van der Waals surface area contributed by atoms with Crippen molar-refractivity contribution in [2.45, 2.75) is 12.6 Å². The van der Waals surface area contributed by atoms with Crippen molar-refractivity contribution in [3.8, 4) is 11.5 Å². The van der Waals surface area contributed by atoms with Crippen molar-refractivity contribution in [3.05, 3.63) is 78.3 Å². The van der Waals surface area contributed by atoms with E-state index in [1.165, 1.54) is 6.42 Å². The summed E-state index contributed by atoms with van der Waals surface area (Å²) in [4.78, 5) is 9.10. The first-order valence-corrected chi connectivity index (χ1v) is 9.79. The quantitative estimate of drug-likeness (QED) is 0.884. The van der Waals surface area contributed by atoms with Gasteiger partial charge in [-0.05, 0) is 56.4 Å². The SMILES string of the molecule is CN1CCC(C2NC(c3ccc(Oc4ccccc4)cc3)=C3C=NC=CN32)C1. The van der Waals surface area contributed by atoms with Crippen molar-refractivity contribution in [1.29, 1.82) is 0 Å². The highest BCUT2D eigenvalue weighted by molar-refractivity contribution is 5.92. The van der Waals surface area contributed by atoms with Crippen molar-refractivity contribution in [2.24, 2.45) is 10.9 Å². The highest BCUT2D eigenvalue weighted by Crippen LogP contribution is 2.35. The van der Waals surface area contributed by atoms with Gasteiger partial charge in [-0.2, -0.15) is 0 Å². The number of hydrogen-bond acceptors (Lipinski definition) is 5. The molecule has 0 aliphatic carbocycles. The number of aliphatic imine (C=N–C) groups is 1. The minimum Gasteiger partial charge on any atom is -0.457 e. The summed E-state index contributed by atoms with van der Waals surface area (Å²) in [7, 11) is 2.20. The molecule has 28 heavy (non-hydrogen) atoms. The van der Waals surface area contributed by atoms with Crippen LogP contribution in [-0.2, 0) is 0 Å². The van der Waals surface area contributed by atoms with E-state index in [9.17, 15) is 0 Å². The number of fused-ring (bicyclic) bond motifs is 1. The lowest BCUT2D eigenvalue weighted by Gasteiger charge is -2.30. The summed E-state index contributed by atoms with van der Waals surface area (Å²) in [6, 6.07) is 18.1. The van der Waals surface area contributed by atoms with Crippen LogP contribution in [0.25, 0.3) is 5.70 Å². The molecule has 0 spiro atoms. The van der Waals surface area contributed by atoms with Crippen LogP contribution in [0.1, 0.15) is 12.0 Å². The summed E-state index contributed by atoms with van der Waals surface area (Å²) in [6.45, 7) is 2.27. The molecule has 3 aliphatic rings. The second kappa shape index (κ2) is 7.17. The minimum absolute atomic E-state index is 0.276. The molecule has 1 saturated heterocycles. The Balaban J connectivity index is 1.39. The molecule has 2 atom stereocenters. The van der Waals surface area contributed by atoms with Crippen LogP contribution in [0.2, 0.25) is 0 Å². The maximum atomic E-state index is 5.93. The van der Waals surface area contributed by atoms with Gasteiger partial charge in [0.25, 0.3) is 0 Å². The van der Waals surface area contributed by atoms with Crippen LogP contribution >= 0.6 is 0 Å². The number of rotatable bonds is 4. The number of allylic oxidation sites excluding steroid dienone is 1. The Kier molecular flexibility index (Phi) is 4.37. The van der Waals surface area contributed by atoms with Crippen LogP contribution in [0.3, 0.4) is 0 Å². The van der Waals surface area contributed by atoms with Gasteiger partial charge in [-0.15, -0.1) is 0 Å². The Morgan fingerprint density at radius 2 is 1.82 bits per heavy atom. The van der Waals surface area contributed by atoms with Gasteiger partial charge in [-0.1, -0.05) is 18.2 Å². The lowest BCUT2D eigenvalue weighted by molar-refractivity contribution is 0.247.